The molecule has 0 amide bonds. The van der Waals surface area contributed by atoms with E-state index in [-0.39, 0.29) is 19.8 Å². The molecule has 0 bridgehead atoms. The van der Waals surface area contributed by atoms with Gasteiger partial charge in [0.2, 0.25) is 0 Å². The van der Waals surface area contributed by atoms with Crippen LogP contribution in [0, 0.1) is 0 Å². The molecule has 0 aromatic rings. The van der Waals surface area contributed by atoms with Crippen molar-refractivity contribution in [2.24, 2.45) is 0 Å². The first-order valence-corrected chi connectivity index (χ1v) is 10.4. The fraction of sp³-hybridized carbons (Fsp3) is 0.833. The molecule has 0 spiro atoms. The third kappa shape index (κ3) is 16.6. The molecule has 18 N–H and O–H groups in total. The largest absolute Gasteiger partial charge is 0.479 e. The smallest absolute Gasteiger partial charge is 0.335 e. The summed E-state index contributed by atoms with van der Waals surface area (Å²) in [6.45, 7) is -2.53. The van der Waals surface area contributed by atoms with Gasteiger partial charge < -0.3 is 91.9 Å². The quantitative estimate of drug-likeness (QED) is 0.0726. The van der Waals surface area contributed by atoms with Crippen LogP contribution in [0.5, 0.6) is 0 Å². The van der Waals surface area contributed by atoms with Gasteiger partial charge in [0.05, 0.1) is 19.8 Å². The van der Waals surface area contributed by atoms with Gasteiger partial charge in [0.25, 0.3) is 0 Å². The van der Waals surface area contributed by atoms with Gasteiger partial charge in [-0.2, -0.15) is 0 Å². The molecule has 21 nitrogen and oxygen atoms in total. The van der Waals surface area contributed by atoms with Crippen molar-refractivity contribution in [1.29, 1.82) is 0 Å². The van der Waals surface area contributed by atoms with Crippen molar-refractivity contribution in [3.63, 3.8) is 0 Å². The summed E-state index contributed by atoms with van der Waals surface area (Å²) >= 11 is 0. The van der Waals surface area contributed by atoms with E-state index in [1.54, 1.807) is 0 Å². The molecule has 0 rings (SSSR count). The van der Waals surface area contributed by atoms with Gasteiger partial charge in [-0.15, -0.1) is 0 Å². The molecular weight excluding hydrogens is 622 g/mol. The zero-order valence-electron chi connectivity index (χ0n) is 20.4. The van der Waals surface area contributed by atoms with Crippen LogP contribution in [0.1, 0.15) is 0 Å². The molecule has 0 heterocycles. The molecule has 40 heavy (non-hydrogen) atoms. The summed E-state index contributed by atoms with van der Waals surface area (Å²) in [5, 5.41) is 155. The third-order valence-electron chi connectivity index (χ3n) is 4.52. The first-order valence-electron chi connectivity index (χ1n) is 10.4. The Balaban J connectivity index is -0.000000240. The Morgan fingerprint density at radius 1 is 0.375 bits per heavy atom. The number of aliphatic hydroxyl groups is 15. The van der Waals surface area contributed by atoms with Gasteiger partial charge >= 0.3 is 17.9 Å². The topological polar surface area (TPSA) is 415 Å². The van der Waals surface area contributed by atoms with Crippen LogP contribution >= 0.6 is 0 Å². The van der Waals surface area contributed by atoms with Gasteiger partial charge in [0.1, 0.15) is 54.9 Å². The van der Waals surface area contributed by atoms with E-state index >= 15 is 0 Å². The molecule has 12 unspecified atom stereocenters. The zero-order chi connectivity index (χ0) is 31.8. The van der Waals surface area contributed by atoms with Gasteiger partial charge in [-0.3, -0.25) is 0 Å². The molecule has 0 fully saturated rings. The second kappa shape index (κ2) is 23.1. The van der Waals surface area contributed by atoms with E-state index in [1.807, 2.05) is 0 Å². The standard InChI is InChI=1S/3C6H12O7.Ga/c3*7-1-2(8)3(9)4(10)5(11)6(12)13;/h3*2-5,7-11H,1H2,(H,12,13);. The summed E-state index contributed by atoms with van der Waals surface area (Å²) in [5.41, 5.74) is 0. The maximum atomic E-state index is 10.1. The van der Waals surface area contributed by atoms with E-state index in [4.69, 9.17) is 91.9 Å². The minimum Gasteiger partial charge on any atom is -0.479 e. The number of hydrogen-bond donors (Lipinski definition) is 18. The predicted molar refractivity (Wildman–Crippen MR) is 122 cm³/mol. The number of aliphatic hydroxyl groups excluding tert-OH is 15. The molecule has 3 radical (unpaired) electrons. The van der Waals surface area contributed by atoms with Crippen LogP contribution in [-0.4, -0.2) is 223 Å². The summed E-state index contributed by atoms with van der Waals surface area (Å²) in [5.74, 6) is -5.18. The van der Waals surface area contributed by atoms with E-state index in [9.17, 15) is 14.4 Å². The molecule has 0 aliphatic carbocycles. The number of carbonyl (C=O) groups is 3. The maximum absolute atomic E-state index is 10.1. The van der Waals surface area contributed by atoms with E-state index in [0.717, 1.165) is 0 Å². The Kier molecular flexibility index (Phi) is 26.2. The van der Waals surface area contributed by atoms with Crippen molar-refractivity contribution in [1.82, 2.24) is 0 Å². The summed E-state index contributed by atoms with van der Waals surface area (Å²) in [6.07, 6.45) is -23.5. The van der Waals surface area contributed by atoms with Crippen molar-refractivity contribution >= 4 is 37.7 Å². The maximum Gasteiger partial charge on any atom is 0.335 e. The summed E-state index contributed by atoms with van der Waals surface area (Å²) in [6, 6.07) is 0. The van der Waals surface area contributed by atoms with E-state index < -0.39 is 111 Å². The van der Waals surface area contributed by atoms with Crippen LogP contribution in [-0.2, 0) is 14.4 Å². The van der Waals surface area contributed by atoms with Crippen LogP contribution in [0.3, 0.4) is 0 Å². The van der Waals surface area contributed by atoms with Crippen LogP contribution in [0.25, 0.3) is 0 Å². The molecule has 237 valence electrons. The molecular formula is C18H36GaO21. The van der Waals surface area contributed by atoms with Crippen molar-refractivity contribution in [2.75, 3.05) is 19.8 Å². The Morgan fingerprint density at radius 2 is 0.525 bits per heavy atom. The molecule has 0 aliphatic heterocycles. The number of carboxylic acids is 3. The molecule has 12 atom stereocenters. The number of aliphatic carboxylic acids is 3. The molecule has 0 saturated carbocycles. The number of rotatable bonds is 15. The Hall–Kier alpha value is -1.55. The molecule has 0 aromatic heterocycles. The van der Waals surface area contributed by atoms with Gasteiger partial charge in [-0.25, -0.2) is 14.4 Å². The normalized spacial score (nSPS) is 19.9. The van der Waals surface area contributed by atoms with Crippen molar-refractivity contribution in [3.8, 4) is 0 Å². The van der Waals surface area contributed by atoms with Crippen LogP contribution in [0.4, 0.5) is 0 Å². The first-order chi connectivity index (χ1) is 17.7. The second-order valence-electron chi connectivity index (χ2n) is 7.54. The molecule has 0 saturated heterocycles. The molecule has 0 aromatic carbocycles. The van der Waals surface area contributed by atoms with Gasteiger partial charge in [0, 0.05) is 19.8 Å². The first kappa shape index (κ1) is 45.4. The Labute approximate surface area is 237 Å². The molecule has 0 aliphatic rings. The van der Waals surface area contributed by atoms with Gasteiger partial charge in [-0.1, -0.05) is 0 Å². The number of carboxylic acid groups (broad SMARTS) is 3. The van der Waals surface area contributed by atoms with Crippen LogP contribution in [0.15, 0.2) is 0 Å². The average Bonchev–Trinajstić information content (AvgIpc) is 2.92. The van der Waals surface area contributed by atoms with Crippen molar-refractivity contribution < 1.29 is 106 Å². The minimum absolute atomic E-state index is 0. The number of hydrogen-bond acceptors (Lipinski definition) is 18. The minimum atomic E-state index is -2.20. The predicted octanol–water partition coefficient (Wildman–Crippen LogP) is -10.9. The van der Waals surface area contributed by atoms with Gasteiger partial charge in [-0.05, 0) is 0 Å². The van der Waals surface area contributed by atoms with E-state index in [2.05, 4.69) is 0 Å². The summed E-state index contributed by atoms with van der Waals surface area (Å²) in [7, 11) is 0. The third-order valence-corrected chi connectivity index (χ3v) is 4.52. The average molecular weight is 658 g/mol. The Bertz CT molecular complexity index is 608. The van der Waals surface area contributed by atoms with Crippen LogP contribution < -0.4 is 0 Å². The Morgan fingerprint density at radius 3 is 0.625 bits per heavy atom. The summed E-state index contributed by atoms with van der Waals surface area (Å²) < 4.78 is 0. The van der Waals surface area contributed by atoms with Crippen LogP contribution in [0.2, 0.25) is 0 Å². The SMILES string of the molecule is O=C(O)C(O)C(O)C(O)C(O)CO.O=C(O)C(O)C(O)C(O)C(O)CO.O=C(O)C(O)C(O)C(O)C(O)CO.[Ga]. The fourth-order valence-corrected chi connectivity index (χ4v) is 2.01. The van der Waals surface area contributed by atoms with E-state index in [0.29, 0.717) is 0 Å². The fourth-order valence-electron chi connectivity index (χ4n) is 2.01. The van der Waals surface area contributed by atoms with Crippen molar-refractivity contribution in [3.05, 3.63) is 0 Å². The molecule has 22 heteroatoms. The van der Waals surface area contributed by atoms with Gasteiger partial charge in [0.15, 0.2) is 18.3 Å². The zero-order valence-corrected chi connectivity index (χ0v) is 22.8. The second-order valence-corrected chi connectivity index (χ2v) is 7.54. The summed E-state index contributed by atoms with van der Waals surface area (Å²) in [4.78, 5) is 30.3. The van der Waals surface area contributed by atoms with E-state index in [1.165, 1.54) is 0 Å². The van der Waals surface area contributed by atoms with Crippen molar-refractivity contribution in [2.45, 2.75) is 73.2 Å². The monoisotopic (exact) mass is 657 g/mol.